The van der Waals surface area contributed by atoms with E-state index in [2.05, 4.69) is 5.32 Å². The average molecular weight is 367 g/mol. The summed E-state index contributed by atoms with van der Waals surface area (Å²) in [5.74, 6) is 0.504. The SMILES string of the molecule is C[C@H](C(=O)Nc1ccc(C(F)(F)F)cc1)[NH+](C)CCOc1ccccc1. The van der Waals surface area contributed by atoms with Gasteiger partial charge in [-0.3, -0.25) is 4.79 Å². The summed E-state index contributed by atoms with van der Waals surface area (Å²) >= 11 is 0. The van der Waals surface area contributed by atoms with Gasteiger partial charge in [-0.25, -0.2) is 0 Å². The Morgan fingerprint density at radius 3 is 2.31 bits per heavy atom. The molecule has 0 bridgehead atoms. The van der Waals surface area contributed by atoms with Gasteiger partial charge >= 0.3 is 6.18 Å². The van der Waals surface area contributed by atoms with E-state index in [1.54, 1.807) is 6.92 Å². The Hall–Kier alpha value is -2.54. The van der Waals surface area contributed by atoms with Gasteiger partial charge in [0.1, 0.15) is 18.9 Å². The van der Waals surface area contributed by atoms with Gasteiger partial charge in [-0.1, -0.05) is 18.2 Å². The molecular formula is C19H22F3N2O2+. The van der Waals surface area contributed by atoms with Crippen molar-refractivity contribution in [2.45, 2.75) is 19.1 Å². The number of hydrogen-bond donors (Lipinski definition) is 2. The first kappa shape index (κ1) is 19.8. The highest BCUT2D eigenvalue weighted by Crippen LogP contribution is 2.29. The zero-order chi connectivity index (χ0) is 19.2. The van der Waals surface area contributed by atoms with Gasteiger partial charge in [-0.2, -0.15) is 13.2 Å². The lowest BCUT2D eigenvalue weighted by Gasteiger charge is -2.21. The molecule has 7 heteroatoms. The maximum atomic E-state index is 12.6. The van der Waals surface area contributed by atoms with E-state index in [1.807, 2.05) is 37.4 Å². The van der Waals surface area contributed by atoms with Crippen molar-refractivity contribution in [2.75, 3.05) is 25.5 Å². The number of benzene rings is 2. The van der Waals surface area contributed by atoms with Crippen molar-refractivity contribution in [3.05, 3.63) is 60.2 Å². The van der Waals surface area contributed by atoms with Crippen LogP contribution in [0.3, 0.4) is 0 Å². The number of ether oxygens (including phenoxy) is 1. The molecule has 140 valence electrons. The molecule has 4 nitrogen and oxygen atoms in total. The Morgan fingerprint density at radius 1 is 1.12 bits per heavy atom. The van der Waals surface area contributed by atoms with Crippen molar-refractivity contribution in [3.8, 4) is 5.75 Å². The third-order valence-corrected chi connectivity index (χ3v) is 4.12. The summed E-state index contributed by atoms with van der Waals surface area (Å²) in [5, 5.41) is 2.64. The normalized spacial score (nSPS) is 13.7. The number of anilines is 1. The fourth-order valence-corrected chi connectivity index (χ4v) is 2.28. The summed E-state index contributed by atoms with van der Waals surface area (Å²) in [5.41, 5.74) is -0.410. The average Bonchev–Trinajstić information content (AvgIpc) is 2.61. The van der Waals surface area contributed by atoms with Gasteiger partial charge in [0.05, 0.1) is 12.6 Å². The lowest BCUT2D eigenvalue weighted by atomic mass is 10.2. The summed E-state index contributed by atoms with van der Waals surface area (Å²) in [6.45, 7) is 2.82. The van der Waals surface area contributed by atoms with Gasteiger partial charge in [0, 0.05) is 5.69 Å². The highest BCUT2D eigenvalue weighted by atomic mass is 19.4. The molecule has 2 atom stereocenters. The maximum absolute atomic E-state index is 12.6. The van der Waals surface area contributed by atoms with E-state index in [0.29, 0.717) is 18.8 Å². The molecule has 26 heavy (non-hydrogen) atoms. The Kier molecular flexibility index (Phi) is 6.63. The van der Waals surface area contributed by atoms with Crippen LogP contribution in [0.4, 0.5) is 18.9 Å². The van der Waals surface area contributed by atoms with Gasteiger partial charge in [-0.05, 0) is 43.3 Å². The fourth-order valence-electron chi connectivity index (χ4n) is 2.28. The minimum atomic E-state index is -4.39. The molecule has 0 heterocycles. The number of quaternary nitrogens is 1. The maximum Gasteiger partial charge on any atom is 0.416 e. The van der Waals surface area contributed by atoms with Gasteiger partial charge in [0.25, 0.3) is 5.91 Å². The molecule has 0 aromatic heterocycles. The van der Waals surface area contributed by atoms with Gasteiger partial charge in [0.2, 0.25) is 0 Å². The molecule has 0 spiro atoms. The molecule has 2 aromatic carbocycles. The molecule has 0 fully saturated rings. The van der Waals surface area contributed by atoms with Crippen LogP contribution in [0, 0.1) is 0 Å². The van der Waals surface area contributed by atoms with Gasteiger partial charge in [0.15, 0.2) is 6.04 Å². The molecule has 0 saturated heterocycles. The number of amides is 1. The first-order valence-corrected chi connectivity index (χ1v) is 8.25. The van der Waals surface area contributed by atoms with E-state index in [-0.39, 0.29) is 11.9 Å². The molecule has 0 radical (unpaired) electrons. The summed E-state index contributed by atoms with van der Waals surface area (Å²) in [6.07, 6.45) is -4.39. The van der Waals surface area contributed by atoms with Crippen molar-refractivity contribution in [1.82, 2.24) is 0 Å². The number of para-hydroxylation sites is 1. The van der Waals surface area contributed by atoms with Crippen LogP contribution in [-0.2, 0) is 11.0 Å². The number of likely N-dealkylation sites (N-methyl/N-ethyl adjacent to an activating group) is 1. The number of hydrogen-bond acceptors (Lipinski definition) is 2. The number of halogens is 3. The van der Waals surface area contributed by atoms with E-state index in [9.17, 15) is 18.0 Å². The Morgan fingerprint density at radius 2 is 1.73 bits per heavy atom. The zero-order valence-electron chi connectivity index (χ0n) is 14.6. The Labute approximate surface area is 150 Å². The van der Waals surface area contributed by atoms with E-state index >= 15 is 0 Å². The number of rotatable bonds is 7. The summed E-state index contributed by atoms with van der Waals surface area (Å²) in [6, 6.07) is 13.4. The molecular weight excluding hydrogens is 345 g/mol. The molecule has 2 N–H and O–H groups in total. The number of carbonyl (C=O) groups excluding carboxylic acids is 1. The highest BCUT2D eigenvalue weighted by Gasteiger charge is 2.30. The predicted molar refractivity (Wildman–Crippen MR) is 93.2 cm³/mol. The Balaban J connectivity index is 1.82. The van der Waals surface area contributed by atoms with Crippen molar-refractivity contribution in [3.63, 3.8) is 0 Å². The second kappa shape index (κ2) is 8.71. The second-order valence-electron chi connectivity index (χ2n) is 6.04. The van der Waals surface area contributed by atoms with Crippen molar-refractivity contribution in [1.29, 1.82) is 0 Å². The topological polar surface area (TPSA) is 42.8 Å². The standard InChI is InChI=1S/C19H21F3N2O2/c1-14(24(2)12-13-26-17-6-4-3-5-7-17)18(25)23-16-10-8-15(9-11-16)19(20,21)22/h3-11,14H,12-13H2,1-2H3,(H,23,25)/p+1/t14-/m1/s1. The van der Waals surface area contributed by atoms with Crippen LogP contribution in [0.25, 0.3) is 0 Å². The number of alkyl halides is 3. The highest BCUT2D eigenvalue weighted by molar-refractivity contribution is 5.93. The van der Waals surface area contributed by atoms with Gasteiger partial charge in [-0.15, -0.1) is 0 Å². The van der Waals surface area contributed by atoms with Crippen LogP contribution >= 0.6 is 0 Å². The third kappa shape index (κ3) is 5.77. The first-order valence-electron chi connectivity index (χ1n) is 8.25. The lowest BCUT2D eigenvalue weighted by Crippen LogP contribution is -3.14. The molecule has 0 aliphatic heterocycles. The van der Waals surface area contributed by atoms with Gasteiger partial charge < -0.3 is 15.0 Å². The van der Waals surface area contributed by atoms with Crippen LogP contribution in [0.5, 0.6) is 5.75 Å². The summed E-state index contributed by atoms with van der Waals surface area (Å²) in [7, 11) is 1.87. The van der Waals surface area contributed by atoms with Crippen molar-refractivity contribution in [2.24, 2.45) is 0 Å². The van der Waals surface area contributed by atoms with Crippen LogP contribution < -0.4 is 15.0 Å². The predicted octanol–water partition coefficient (Wildman–Crippen LogP) is 2.63. The van der Waals surface area contributed by atoms with Crippen LogP contribution in [0.15, 0.2) is 54.6 Å². The molecule has 2 rings (SSSR count). The number of carbonyl (C=O) groups is 1. The summed E-state index contributed by atoms with van der Waals surface area (Å²) in [4.78, 5) is 13.2. The minimum absolute atomic E-state index is 0.262. The molecule has 2 aromatic rings. The summed E-state index contributed by atoms with van der Waals surface area (Å²) < 4.78 is 43.3. The second-order valence-corrected chi connectivity index (χ2v) is 6.04. The largest absolute Gasteiger partial charge is 0.488 e. The lowest BCUT2D eigenvalue weighted by molar-refractivity contribution is -0.894. The van der Waals surface area contributed by atoms with Crippen LogP contribution in [0.2, 0.25) is 0 Å². The molecule has 0 aliphatic rings. The van der Waals surface area contributed by atoms with E-state index in [1.165, 1.54) is 12.1 Å². The Bertz CT molecular complexity index is 703. The van der Waals surface area contributed by atoms with Crippen molar-refractivity contribution < 1.29 is 27.6 Å². The minimum Gasteiger partial charge on any atom is -0.488 e. The first-order chi connectivity index (χ1) is 12.3. The zero-order valence-corrected chi connectivity index (χ0v) is 14.6. The fraction of sp³-hybridized carbons (Fsp3) is 0.316. The monoisotopic (exact) mass is 367 g/mol. The number of nitrogens with one attached hydrogen (secondary N) is 2. The molecule has 1 unspecified atom stereocenters. The van der Waals surface area contributed by atoms with Crippen molar-refractivity contribution >= 4 is 11.6 Å². The third-order valence-electron chi connectivity index (χ3n) is 4.12. The van der Waals surface area contributed by atoms with E-state index < -0.39 is 11.7 Å². The molecule has 1 amide bonds. The van der Waals surface area contributed by atoms with Crippen LogP contribution in [0.1, 0.15) is 12.5 Å². The van der Waals surface area contributed by atoms with Crippen LogP contribution in [-0.4, -0.2) is 32.1 Å². The smallest absolute Gasteiger partial charge is 0.416 e. The van der Waals surface area contributed by atoms with E-state index in [0.717, 1.165) is 22.8 Å². The molecule has 0 saturated carbocycles. The quantitative estimate of drug-likeness (QED) is 0.790. The molecule has 0 aliphatic carbocycles. The van der Waals surface area contributed by atoms with E-state index in [4.69, 9.17) is 4.74 Å².